The van der Waals surface area contributed by atoms with Crippen LogP contribution in [0.25, 0.3) is 0 Å². The third-order valence-electron chi connectivity index (χ3n) is 7.39. The molecule has 0 radical (unpaired) electrons. The van der Waals surface area contributed by atoms with Gasteiger partial charge in [0.15, 0.2) is 0 Å². The minimum atomic E-state index is -0.954. The molecule has 0 saturated carbocycles. The van der Waals surface area contributed by atoms with E-state index in [1.54, 1.807) is 34.3 Å². The minimum absolute atomic E-state index is 0.0374. The van der Waals surface area contributed by atoms with Gasteiger partial charge in [-0.25, -0.2) is 0 Å². The van der Waals surface area contributed by atoms with E-state index >= 15 is 0 Å². The molecule has 2 saturated heterocycles. The highest BCUT2D eigenvalue weighted by molar-refractivity contribution is 5.98. The molecule has 8 heteroatoms. The number of nitrogens with one attached hydrogen (secondary N) is 1. The average molecular weight is 513 g/mol. The number of nitrogens with zero attached hydrogens (tertiary/aromatic N) is 3. The van der Waals surface area contributed by atoms with Gasteiger partial charge in [0.05, 0.1) is 6.61 Å². The third-order valence-corrected chi connectivity index (χ3v) is 7.39. The molecule has 38 heavy (non-hydrogen) atoms. The van der Waals surface area contributed by atoms with E-state index in [4.69, 9.17) is 4.74 Å². The Hall–Kier alpha value is -4.04. The van der Waals surface area contributed by atoms with Gasteiger partial charge in [0, 0.05) is 56.0 Å². The Bertz CT molecular complexity index is 1320. The van der Waals surface area contributed by atoms with Crippen LogP contribution < -0.4 is 5.32 Å². The molecule has 0 bridgehead atoms. The molecule has 3 heterocycles. The molecule has 2 aromatic carbocycles. The number of piperidine rings is 1. The number of carbonyl (C=O) groups is 3. The predicted molar refractivity (Wildman–Crippen MR) is 142 cm³/mol. The Morgan fingerprint density at radius 3 is 2.32 bits per heavy atom. The highest BCUT2D eigenvalue weighted by Gasteiger charge is 2.54. The summed E-state index contributed by atoms with van der Waals surface area (Å²) >= 11 is 0. The summed E-state index contributed by atoms with van der Waals surface area (Å²) in [5.74, 6) is -0.549. The van der Waals surface area contributed by atoms with Gasteiger partial charge in [0.2, 0.25) is 5.91 Å². The first-order valence-corrected chi connectivity index (χ1v) is 12.9. The van der Waals surface area contributed by atoms with Crippen LogP contribution in [0.5, 0.6) is 0 Å². The van der Waals surface area contributed by atoms with Crippen LogP contribution in [0.1, 0.15) is 50.2 Å². The van der Waals surface area contributed by atoms with E-state index in [2.05, 4.69) is 10.3 Å². The van der Waals surface area contributed by atoms with Crippen LogP contribution in [0, 0.1) is 13.8 Å². The van der Waals surface area contributed by atoms with Crippen LogP contribution in [-0.2, 0) is 16.1 Å². The van der Waals surface area contributed by atoms with Gasteiger partial charge in [-0.15, -0.1) is 0 Å². The topological polar surface area (TPSA) is 91.8 Å². The number of hydrogen-bond acceptors (Lipinski definition) is 5. The Morgan fingerprint density at radius 1 is 0.921 bits per heavy atom. The molecule has 8 nitrogen and oxygen atoms in total. The van der Waals surface area contributed by atoms with Gasteiger partial charge >= 0.3 is 0 Å². The van der Waals surface area contributed by atoms with Crippen molar-refractivity contribution in [2.45, 2.75) is 45.0 Å². The molecular formula is C30H32N4O4. The van der Waals surface area contributed by atoms with Crippen molar-refractivity contribution in [3.8, 4) is 0 Å². The number of pyridine rings is 1. The summed E-state index contributed by atoms with van der Waals surface area (Å²) in [4.78, 5) is 47.8. The zero-order chi connectivity index (χ0) is 26.7. The highest BCUT2D eigenvalue weighted by Crippen LogP contribution is 2.39. The lowest BCUT2D eigenvalue weighted by molar-refractivity contribution is -0.128. The number of ether oxygens (including phenoxy) is 1. The molecule has 196 valence electrons. The molecule has 0 aliphatic carbocycles. The maximum Gasteiger partial charge on any atom is 0.256 e. The molecular weight excluding hydrogens is 480 g/mol. The molecule has 1 atom stereocenters. The Balaban J connectivity index is 1.36. The van der Waals surface area contributed by atoms with Crippen molar-refractivity contribution in [3.63, 3.8) is 0 Å². The van der Waals surface area contributed by atoms with Gasteiger partial charge in [0.25, 0.3) is 11.8 Å². The van der Waals surface area contributed by atoms with Crippen molar-refractivity contribution in [2.75, 3.05) is 19.7 Å². The first-order chi connectivity index (χ1) is 18.4. The number of aryl methyl sites for hydroxylation is 2. The summed E-state index contributed by atoms with van der Waals surface area (Å²) in [5, 5.41) is 2.96. The first-order valence-electron chi connectivity index (χ1n) is 12.9. The summed E-state index contributed by atoms with van der Waals surface area (Å²) < 4.78 is 6.30. The zero-order valence-corrected chi connectivity index (χ0v) is 21.7. The standard InChI is InChI=1S/C30H32N4O4/c1-21-6-8-24(9-7-21)29(37)34-26(27(35)32-19-23-10-14-31-15-11-23)20-38-30(34)12-16-33(17-13-30)28(36)25-5-3-4-22(2)18-25/h3-11,14-15,18,26H,12-13,16-17,19-20H2,1-2H3,(H,32,35)/t26-/m0/s1. The maximum atomic E-state index is 13.9. The van der Waals surface area contributed by atoms with Crippen molar-refractivity contribution in [2.24, 2.45) is 0 Å². The summed E-state index contributed by atoms with van der Waals surface area (Å²) in [7, 11) is 0. The SMILES string of the molecule is Cc1ccc(C(=O)N2[C@H](C(=O)NCc3ccncc3)COC23CCN(C(=O)c2cccc(C)c2)CC3)cc1. The van der Waals surface area contributed by atoms with Crippen LogP contribution in [0.4, 0.5) is 0 Å². The van der Waals surface area contributed by atoms with Crippen molar-refractivity contribution < 1.29 is 19.1 Å². The zero-order valence-electron chi connectivity index (χ0n) is 21.7. The van der Waals surface area contributed by atoms with Gasteiger partial charge in [-0.2, -0.15) is 0 Å². The molecule has 5 rings (SSSR count). The maximum absolute atomic E-state index is 13.9. The number of aromatic nitrogens is 1. The quantitative estimate of drug-likeness (QED) is 0.565. The van der Waals surface area contributed by atoms with Crippen molar-refractivity contribution >= 4 is 17.7 Å². The highest BCUT2D eigenvalue weighted by atomic mass is 16.5. The monoisotopic (exact) mass is 512 g/mol. The van der Waals surface area contributed by atoms with Crippen molar-refractivity contribution in [3.05, 3.63) is 101 Å². The van der Waals surface area contributed by atoms with E-state index in [1.165, 1.54) is 0 Å². The lowest BCUT2D eigenvalue weighted by atomic mass is 9.95. The summed E-state index contributed by atoms with van der Waals surface area (Å²) in [6, 6.07) is 17.8. The van der Waals surface area contributed by atoms with E-state index in [0.717, 1.165) is 16.7 Å². The normalized spacial score (nSPS) is 18.4. The Kier molecular flexibility index (Phi) is 7.24. The Labute approximate surface area is 222 Å². The van der Waals surface area contributed by atoms with E-state index in [0.29, 0.717) is 43.6 Å². The van der Waals surface area contributed by atoms with Gasteiger partial charge in [-0.05, 0) is 55.8 Å². The van der Waals surface area contributed by atoms with Gasteiger partial charge in [-0.1, -0.05) is 35.4 Å². The van der Waals surface area contributed by atoms with Gasteiger partial charge in [-0.3, -0.25) is 24.3 Å². The van der Waals surface area contributed by atoms with E-state index in [1.807, 2.05) is 62.4 Å². The fraction of sp³-hybridized carbons (Fsp3) is 0.333. The van der Waals surface area contributed by atoms with E-state index in [-0.39, 0.29) is 24.3 Å². The second-order valence-corrected chi connectivity index (χ2v) is 10.0. The number of carbonyl (C=O) groups excluding carboxylic acids is 3. The number of amides is 3. The first kappa shape index (κ1) is 25.6. The minimum Gasteiger partial charge on any atom is -0.353 e. The summed E-state index contributed by atoms with van der Waals surface area (Å²) in [5.41, 5.74) is 3.19. The molecule has 2 fully saturated rings. The molecule has 1 aromatic heterocycles. The molecule has 2 aliphatic rings. The molecule has 0 unspecified atom stereocenters. The van der Waals surface area contributed by atoms with Crippen LogP contribution >= 0.6 is 0 Å². The number of rotatable bonds is 5. The van der Waals surface area contributed by atoms with Crippen LogP contribution in [-0.4, -0.2) is 64.0 Å². The summed E-state index contributed by atoms with van der Waals surface area (Å²) in [6.07, 6.45) is 4.20. The lowest BCUT2D eigenvalue weighted by Gasteiger charge is -2.44. The van der Waals surface area contributed by atoms with Crippen LogP contribution in [0.2, 0.25) is 0 Å². The van der Waals surface area contributed by atoms with Gasteiger partial charge in [0.1, 0.15) is 11.8 Å². The van der Waals surface area contributed by atoms with Crippen LogP contribution in [0.15, 0.2) is 73.1 Å². The lowest BCUT2D eigenvalue weighted by Crippen LogP contribution is -2.59. The third kappa shape index (κ3) is 5.17. The molecule has 1 spiro atoms. The second kappa shape index (κ2) is 10.8. The molecule has 3 amide bonds. The molecule has 3 aromatic rings. The largest absolute Gasteiger partial charge is 0.353 e. The van der Waals surface area contributed by atoms with E-state index in [9.17, 15) is 14.4 Å². The predicted octanol–water partition coefficient (Wildman–Crippen LogP) is 3.49. The van der Waals surface area contributed by atoms with E-state index < -0.39 is 11.8 Å². The van der Waals surface area contributed by atoms with Crippen LogP contribution in [0.3, 0.4) is 0 Å². The number of likely N-dealkylation sites (tertiary alicyclic amines) is 1. The summed E-state index contributed by atoms with van der Waals surface area (Å²) in [6.45, 7) is 5.21. The average Bonchev–Trinajstić information content (AvgIpc) is 3.30. The number of hydrogen-bond donors (Lipinski definition) is 1. The van der Waals surface area contributed by atoms with Crippen molar-refractivity contribution in [1.29, 1.82) is 0 Å². The molecule has 1 N–H and O–H groups in total. The second-order valence-electron chi connectivity index (χ2n) is 10.0. The number of benzene rings is 2. The molecule has 2 aliphatic heterocycles. The fourth-order valence-corrected chi connectivity index (χ4v) is 5.23. The smallest absolute Gasteiger partial charge is 0.256 e. The fourth-order valence-electron chi connectivity index (χ4n) is 5.23. The van der Waals surface area contributed by atoms with Gasteiger partial charge < -0.3 is 15.0 Å². The van der Waals surface area contributed by atoms with Crippen molar-refractivity contribution in [1.82, 2.24) is 20.1 Å². The Morgan fingerprint density at radius 2 is 1.63 bits per heavy atom.